The van der Waals surface area contributed by atoms with Crippen LogP contribution in [0.25, 0.3) is 0 Å². The SMILES string of the molecule is Cc1cc(NC(=O)NC2CCCCC2)c([N+](=O)[O-])cc1C. The van der Waals surface area contributed by atoms with Crippen LogP contribution in [-0.4, -0.2) is 17.0 Å². The minimum atomic E-state index is -0.470. The first-order valence-corrected chi connectivity index (χ1v) is 7.30. The van der Waals surface area contributed by atoms with Gasteiger partial charge in [-0.15, -0.1) is 0 Å². The molecule has 1 aliphatic carbocycles. The maximum atomic E-state index is 12.0. The largest absolute Gasteiger partial charge is 0.335 e. The number of nitrogens with one attached hydrogen (secondary N) is 2. The number of anilines is 1. The highest BCUT2D eigenvalue weighted by atomic mass is 16.6. The third-order valence-corrected chi connectivity index (χ3v) is 4.00. The molecule has 2 amide bonds. The van der Waals surface area contributed by atoms with Gasteiger partial charge in [-0.3, -0.25) is 10.1 Å². The molecule has 6 heteroatoms. The zero-order valence-electron chi connectivity index (χ0n) is 12.4. The minimum absolute atomic E-state index is 0.0723. The Kier molecular flexibility index (Phi) is 4.77. The third kappa shape index (κ3) is 3.93. The van der Waals surface area contributed by atoms with Crippen LogP contribution in [0.15, 0.2) is 12.1 Å². The molecule has 6 nitrogen and oxygen atoms in total. The van der Waals surface area contributed by atoms with Crippen LogP contribution < -0.4 is 10.6 Å². The van der Waals surface area contributed by atoms with Gasteiger partial charge in [-0.1, -0.05) is 19.3 Å². The van der Waals surface area contributed by atoms with Crippen molar-refractivity contribution >= 4 is 17.4 Å². The Hall–Kier alpha value is -2.11. The van der Waals surface area contributed by atoms with E-state index in [1.807, 2.05) is 13.8 Å². The molecule has 2 N–H and O–H groups in total. The highest BCUT2D eigenvalue weighted by Gasteiger charge is 2.20. The molecule has 0 radical (unpaired) electrons. The summed E-state index contributed by atoms with van der Waals surface area (Å²) >= 11 is 0. The van der Waals surface area contributed by atoms with Crippen molar-refractivity contribution in [3.05, 3.63) is 33.4 Å². The zero-order valence-corrected chi connectivity index (χ0v) is 12.4. The highest BCUT2D eigenvalue weighted by molar-refractivity contribution is 5.92. The number of benzene rings is 1. The van der Waals surface area contributed by atoms with E-state index in [0.717, 1.165) is 36.8 Å². The first kappa shape index (κ1) is 15.3. The van der Waals surface area contributed by atoms with Crippen LogP contribution in [0, 0.1) is 24.0 Å². The van der Waals surface area contributed by atoms with Crippen LogP contribution in [0.5, 0.6) is 0 Å². The molecule has 2 rings (SSSR count). The van der Waals surface area contributed by atoms with Gasteiger partial charge < -0.3 is 10.6 Å². The lowest BCUT2D eigenvalue weighted by molar-refractivity contribution is -0.384. The maximum absolute atomic E-state index is 12.0. The minimum Gasteiger partial charge on any atom is -0.335 e. The number of nitro benzene ring substituents is 1. The topological polar surface area (TPSA) is 84.3 Å². The second kappa shape index (κ2) is 6.56. The summed E-state index contributed by atoms with van der Waals surface area (Å²) in [6.45, 7) is 3.68. The Morgan fingerprint density at radius 2 is 1.81 bits per heavy atom. The molecule has 0 atom stereocenters. The van der Waals surface area contributed by atoms with Crippen LogP contribution in [0.1, 0.15) is 43.2 Å². The third-order valence-electron chi connectivity index (χ3n) is 4.00. The molecule has 1 aromatic rings. The number of carbonyl (C=O) groups excluding carboxylic acids is 1. The van der Waals surface area contributed by atoms with E-state index in [2.05, 4.69) is 10.6 Å². The fourth-order valence-corrected chi connectivity index (χ4v) is 2.64. The van der Waals surface area contributed by atoms with E-state index in [4.69, 9.17) is 0 Å². The summed E-state index contributed by atoms with van der Waals surface area (Å²) in [5.74, 6) is 0. The van der Waals surface area contributed by atoms with Crippen LogP contribution in [-0.2, 0) is 0 Å². The number of amides is 2. The summed E-state index contributed by atoms with van der Waals surface area (Å²) < 4.78 is 0. The lowest BCUT2D eigenvalue weighted by Gasteiger charge is -2.22. The second-order valence-corrected chi connectivity index (χ2v) is 5.64. The standard InChI is InChI=1S/C15H21N3O3/c1-10-8-13(14(18(20)21)9-11(10)2)17-15(19)16-12-6-4-3-5-7-12/h8-9,12H,3-7H2,1-2H3,(H2,16,17,19). The van der Waals surface area contributed by atoms with Gasteiger partial charge in [0.2, 0.25) is 0 Å². The van der Waals surface area contributed by atoms with Gasteiger partial charge in [0.25, 0.3) is 5.69 Å². The molecule has 0 aliphatic heterocycles. The summed E-state index contributed by atoms with van der Waals surface area (Å²) in [5.41, 5.74) is 1.92. The summed E-state index contributed by atoms with van der Waals surface area (Å²) in [6, 6.07) is 2.94. The number of nitro groups is 1. The number of hydrogen-bond acceptors (Lipinski definition) is 3. The number of aryl methyl sites for hydroxylation is 2. The second-order valence-electron chi connectivity index (χ2n) is 5.64. The Labute approximate surface area is 124 Å². The highest BCUT2D eigenvalue weighted by Crippen LogP contribution is 2.28. The van der Waals surface area contributed by atoms with Crippen molar-refractivity contribution in [2.75, 3.05) is 5.32 Å². The van der Waals surface area contributed by atoms with Crippen molar-refractivity contribution in [2.24, 2.45) is 0 Å². The van der Waals surface area contributed by atoms with Crippen LogP contribution in [0.4, 0.5) is 16.2 Å². The van der Waals surface area contributed by atoms with Crippen molar-refractivity contribution in [3.8, 4) is 0 Å². The molecule has 1 aliphatic rings. The van der Waals surface area contributed by atoms with E-state index in [-0.39, 0.29) is 23.4 Å². The van der Waals surface area contributed by atoms with Crippen LogP contribution >= 0.6 is 0 Å². The first-order chi connectivity index (χ1) is 9.97. The normalized spacial score (nSPS) is 15.5. The Balaban J connectivity index is 2.09. The molecule has 114 valence electrons. The van der Waals surface area contributed by atoms with E-state index in [1.54, 1.807) is 6.07 Å². The van der Waals surface area contributed by atoms with Gasteiger partial charge in [0.15, 0.2) is 0 Å². The average Bonchev–Trinajstić information content (AvgIpc) is 2.43. The molecule has 0 spiro atoms. The molecule has 1 fully saturated rings. The molecular formula is C15H21N3O3. The Bertz CT molecular complexity index is 551. The molecule has 1 aromatic carbocycles. The zero-order chi connectivity index (χ0) is 15.4. The summed E-state index contributed by atoms with van der Waals surface area (Å²) in [5, 5.41) is 16.6. The van der Waals surface area contributed by atoms with Gasteiger partial charge in [-0.05, 0) is 43.9 Å². The summed E-state index contributed by atoms with van der Waals surface area (Å²) in [6.07, 6.45) is 5.40. The first-order valence-electron chi connectivity index (χ1n) is 7.30. The molecule has 0 aromatic heterocycles. The molecule has 0 saturated heterocycles. The quantitative estimate of drug-likeness (QED) is 0.658. The van der Waals surface area contributed by atoms with Gasteiger partial charge in [0, 0.05) is 12.1 Å². The van der Waals surface area contributed by atoms with Crippen LogP contribution in [0.3, 0.4) is 0 Å². The van der Waals surface area contributed by atoms with E-state index >= 15 is 0 Å². The average molecular weight is 291 g/mol. The molecule has 0 unspecified atom stereocenters. The van der Waals surface area contributed by atoms with Crippen LogP contribution in [0.2, 0.25) is 0 Å². The fourth-order valence-electron chi connectivity index (χ4n) is 2.64. The number of rotatable bonds is 3. The van der Waals surface area contributed by atoms with E-state index in [1.165, 1.54) is 12.5 Å². The van der Waals surface area contributed by atoms with Crippen molar-refractivity contribution in [1.82, 2.24) is 5.32 Å². The van der Waals surface area contributed by atoms with Crippen molar-refractivity contribution in [3.63, 3.8) is 0 Å². The maximum Gasteiger partial charge on any atom is 0.319 e. The molecule has 0 heterocycles. The molecular weight excluding hydrogens is 270 g/mol. The van der Waals surface area contributed by atoms with Gasteiger partial charge in [0.05, 0.1) is 4.92 Å². The monoisotopic (exact) mass is 291 g/mol. The molecule has 0 bridgehead atoms. The number of carbonyl (C=O) groups is 1. The van der Waals surface area contributed by atoms with Crippen molar-refractivity contribution < 1.29 is 9.72 Å². The predicted molar refractivity (Wildman–Crippen MR) is 81.6 cm³/mol. The fraction of sp³-hybridized carbons (Fsp3) is 0.533. The van der Waals surface area contributed by atoms with Gasteiger partial charge in [-0.2, -0.15) is 0 Å². The summed E-state index contributed by atoms with van der Waals surface area (Å²) in [4.78, 5) is 22.6. The predicted octanol–water partition coefficient (Wildman–Crippen LogP) is 3.67. The van der Waals surface area contributed by atoms with Gasteiger partial charge in [-0.25, -0.2) is 4.79 Å². The number of hydrogen-bond donors (Lipinski definition) is 2. The number of nitrogens with zero attached hydrogens (tertiary/aromatic N) is 1. The van der Waals surface area contributed by atoms with Crippen molar-refractivity contribution in [2.45, 2.75) is 52.0 Å². The lowest BCUT2D eigenvalue weighted by atomic mass is 9.96. The number of urea groups is 1. The Morgan fingerprint density at radius 3 is 2.43 bits per heavy atom. The molecule has 1 saturated carbocycles. The molecule has 21 heavy (non-hydrogen) atoms. The van der Waals surface area contributed by atoms with Gasteiger partial charge >= 0.3 is 6.03 Å². The van der Waals surface area contributed by atoms with E-state index < -0.39 is 4.92 Å². The Morgan fingerprint density at radius 1 is 1.19 bits per heavy atom. The lowest BCUT2D eigenvalue weighted by Crippen LogP contribution is -2.39. The smallest absolute Gasteiger partial charge is 0.319 e. The summed E-state index contributed by atoms with van der Waals surface area (Å²) in [7, 11) is 0. The van der Waals surface area contributed by atoms with E-state index in [9.17, 15) is 14.9 Å². The van der Waals surface area contributed by atoms with Gasteiger partial charge in [0.1, 0.15) is 5.69 Å². The van der Waals surface area contributed by atoms with Crippen molar-refractivity contribution in [1.29, 1.82) is 0 Å². The van der Waals surface area contributed by atoms with E-state index in [0.29, 0.717) is 0 Å².